The molecule has 1 amide bonds. The third kappa shape index (κ3) is 3.58. The van der Waals surface area contributed by atoms with Gasteiger partial charge in [-0.2, -0.15) is 5.10 Å². The van der Waals surface area contributed by atoms with Gasteiger partial charge in [0.05, 0.1) is 35.1 Å². The van der Waals surface area contributed by atoms with Crippen LogP contribution in [0.1, 0.15) is 47.0 Å². The predicted octanol–water partition coefficient (Wildman–Crippen LogP) is 5.47. The third-order valence-corrected chi connectivity index (χ3v) is 8.25. The number of thiazole rings is 1. The number of benzene rings is 1. The molecule has 5 heterocycles. The van der Waals surface area contributed by atoms with Crippen molar-refractivity contribution in [2.45, 2.75) is 31.3 Å². The molecule has 3 aromatic heterocycles. The average molecular weight is 463 g/mol. The maximum absolute atomic E-state index is 13.5. The lowest BCUT2D eigenvalue weighted by molar-refractivity contribution is -0.134. The molecule has 0 N–H and O–H groups in total. The van der Waals surface area contributed by atoms with E-state index in [1.54, 1.807) is 33.9 Å². The number of hydrogen-bond donors (Lipinski definition) is 0. The summed E-state index contributed by atoms with van der Waals surface area (Å²) in [5, 5.41) is 9.55. The lowest BCUT2D eigenvalue weighted by atomic mass is 10.1. The van der Waals surface area contributed by atoms with E-state index in [1.165, 1.54) is 4.70 Å². The van der Waals surface area contributed by atoms with Gasteiger partial charge in [0.25, 0.3) is 5.91 Å². The fourth-order valence-electron chi connectivity index (χ4n) is 4.61. The van der Waals surface area contributed by atoms with Gasteiger partial charge < -0.3 is 4.42 Å². The molecule has 0 radical (unpaired) electrons. The van der Waals surface area contributed by atoms with E-state index >= 15 is 0 Å². The Bertz CT molecular complexity index is 1230. The molecule has 6 rings (SSSR count). The van der Waals surface area contributed by atoms with Crippen LogP contribution < -0.4 is 0 Å². The van der Waals surface area contributed by atoms with Crippen molar-refractivity contribution >= 4 is 44.5 Å². The topological polar surface area (TPSA) is 61.9 Å². The van der Waals surface area contributed by atoms with Crippen molar-refractivity contribution in [3.63, 3.8) is 0 Å². The molecule has 32 heavy (non-hydrogen) atoms. The van der Waals surface area contributed by atoms with Crippen molar-refractivity contribution in [1.82, 2.24) is 14.9 Å². The number of nitrogens with zero attached hydrogens (tertiary/aromatic N) is 4. The van der Waals surface area contributed by atoms with E-state index < -0.39 is 0 Å². The number of hydrazone groups is 1. The van der Waals surface area contributed by atoms with E-state index in [1.807, 2.05) is 35.7 Å². The van der Waals surface area contributed by atoms with Gasteiger partial charge >= 0.3 is 0 Å². The minimum atomic E-state index is -0.0777. The molecular weight excluding hydrogens is 440 g/mol. The number of likely N-dealkylation sites (tertiary alicyclic amines) is 1. The van der Waals surface area contributed by atoms with Crippen LogP contribution in [-0.4, -0.2) is 39.6 Å². The van der Waals surface area contributed by atoms with Crippen LogP contribution in [0.5, 0.6) is 0 Å². The fraction of sp³-hybridized carbons (Fsp3) is 0.292. The molecule has 162 valence electrons. The summed E-state index contributed by atoms with van der Waals surface area (Å²) in [5.74, 6) is 0.758. The summed E-state index contributed by atoms with van der Waals surface area (Å²) in [7, 11) is 0. The molecule has 1 fully saturated rings. The predicted molar refractivity (Wildman–Crippen MR) is 127 cm³/mol. The zero-order chi connectivity index (χ0) is 21.5. The highest BCUT2D eigenvalue weighted by Crippen LogP contribution is 2.38. The van der Waals surface area contributed by atoms with Crippen molar-refractivity contribution < 1.29 is 9.21 Å². The van der Waals surface area contributed by atoms with Crippen LogP contribution in [0.4, 0.5) is 0 Å². The molecule has 0 saturated carbocycles. The number of para-hydroxylation sites is 1. The number of aromatic nitrogens is 1. The van der Waals surface area contributed by atoms with Gasteiger partial charge in [-0.15, -0.1) is 22.7 Å². The van der Waals surface area contributed by atoms with Crippen LogP contribution in [0.2, 0.25) is 0 Å². The van der Waals surface area contributed by atoms with Gasteiger partial charge in [-0.25, -0.2) is 9.99 Å². The molecule has 6 nitrogen and oxygen atoms in total. The SMILES string of the molecule is O=C(CN1CCC[C@H]1c1nc2ccccc2s1)N1N=C(c2ccco2)C[C@@H]1c1cccs1. The Kier molecular flexibility index (Phi) is 5.13. The van der Waals surface area contributed by atoms with Gasteiger partial charge in [-0.05, 0) is 55.1 Å². The minimum Gasteiger partial charge on any atom is -0.463 e. The molecular formula is C24H22N4O2S2. The smallest absolute Gasteiger partial charge is 0.257 e. The highest BCUT2D eigenvalue weighted by Gasteiger charge is 2.37. The van der Waals surface area contributed by atoms with E-state index in [9.17, 15) is 4.79 Å². The van der Waals surface area contributed by atoms with Crippen molar-refractivity contribution in [2.24, 2.45) is 5.10 Å². The monoisotopic (exact) mass is 462 g/mol. The van der Waals surface area contributed by atoms with Crippen molar-refractivity contribution in [3.05, 3.63) is 75.8 Å². The first-order valence-electron chi connectivity index (χ1n) is 10.8. The third-order valence-electron chi connectivity index (χ3n) is 6.14. The zero-order valence-corrected chi connectivity index (χ0v) is 19.0. The van der Waals surface area contributed by atoms with Gasteiger partial charge in [0, 0.05) is 11.3 Å². The van der Waals surface area contributed by atoms with Gasteiger partial charge in [0.1, 0.15) is 16.5 Å². The summed E-state index contributed by atoms with van der Waals surface area (Å²) < 4.78 is 6.77. The second-order valence-electron chi connectivity index (χ2n) is 8.15. The Balaban J connectivity index is 1.25. The second kappa shape index (κ2) is 8.27. The number of amides is 1. The number of fused-ring (bicyclic) bond motifs is 1. The standard InChI is InChI=1S/C24H22N4O2S2/c29-23(15-27-11-3-7-18(27)24-25-16-6-1-2-9-21(16)32-24)28-19(22-10-5-13-31-22)14-17(26-28)20-8-4-12-30-20/h1-2,4-6,8-10,12-13,18-19H,3,7,11,14-15H2/t18-,19+/m0/s1. The first-order valence-corrected chi connectivity index (χ1v) is 12.5. The number of hydrogen-bond acceptors (Lipinski definition) is 7. The lowest BCUT2D eigenvalue weighted by Gasteiger charge is -2.26. The highest BCUT2D eigenvalue weighted by atomic mass is 32.1. The molecule has 0 bridgehead atoms. The van der Waals surface area contributed by atoms with Crippen molar-refractivity contribution in [3.8, 4) is 0 Å². The Morgan fingerprint density at radius 1 is 1.12 bits per heavy atom. The fourth-order valence-corrected chi connectivity index (χ4v) is 6.56. The van der Waals surface area contributed by atoms with Crippen molar-refractivity contribution in [2.75, 3.05) is 13.1 Å². The second-order valence-corrected chi connectivity index (χ2v) is 10.2. The lowest BCUT2D eigenvalue weighted by Crippen LogP contribution is -2.37. The van der Waals surface area contributed by atoms with Crippen LogP contribution in [0.25, 0.3) is 10.2 Å². The Morgan fingerprint density at radius 2 is 2.06 bits per heavy atom. The van der Waals surface area contributed by atoms with Gasteiger partial charge in [-0.3, -0.25) is 9.69 Å². The summed E-state index contributed by atoms with van der Waals surface area (Å²) >= 11 is 3.40. The maximum Gasteiger partial charge on any atom is 0.257 e. The number of rotatable bonds is 5. The van der Waals surface area contributed by atoms with Gasteiger partial charge in [-0.1, -0.05) is 18.2 Å². The minimum absolute atomic E-state index is 0.0259. The molecule has 0 spiro atoms. The molecule has 2 aliphatic rings. The Morgan fingerprint density at radius 3 is 2.88 bits per heavy atom. The molecule has 2 atom stereocenters. The largest absolute Gasteiger partial charge is 0.463 e. The summed E-state index contributed by atoms with van der Waals surface area (Å²) in [5.41, 5.74) is 1.86. The van der Waals surface area contributed by atoms with Gasteiger partial charge in [0.15, 0.2) is 0 Å². The molecule has 1 aromatic carbocycles. The summed E-state index contributed by atoms with van der Waals surface area (Å²) in [4.78, 5) is 21.8. The zero-order valence-electron chi connectivity index (χ0n) is 17.4. The van der Waals surface area contributed by atoms with Crippen LogP contribution in [0.15, 0.2) is 69.7 Å². The van der Waals surface area contributed by atoms with Crippen molar-refractivity contribution in [1.29, 1.82) is 0 Å². The average Bonchev–Trinajstić information content (AvgIpc) is 3.61. The van der Waals surface area contributed by atoms with Crippen LogP contribution in [0, 0.1) is 0 Å². The van der Waals surface area contributed by atoms with E-state index in [4.69, 9.17) is 14.5 Å². The van der Waals surface area contributed by atoms with Gasteiger partial charge in [0.2, 0.25) is 0 Å². The quantitative estimate of drug-likeness (QED) is 0.395. The Hall–Kier alpha value is -2.81. The number of thiophene rings is 1. The first-order chi connectivity index (χ1) is 15.8. The highest BCUT2D eigenvalue weighted by molar-refractivity contribution is 7.18. The number of carbonyl (C=O) groups is 1. The molecule has 0 aliphatic carbocycles. The van der Waals surface area contributed by atoms with E-state index in [0.717, 1.165) is 46.3 Å². The summed E-state index contributed by atoms with van der Waals surface area (Å²) in [6.45, 7) is 1.25. The molecule has 8 heteroatoms. The van der Waals surface area contributed by atoms with Crippen LogP contribution >= 0.6 is 22.7 Å². The van der Waals surface area contributed by atoms with Crippen LogP contribution in [-0.2, 0) is 4.79 Å². The van der Waals surface area contributed by atoms with E-state index in [-0.39, 0.29) is 18.0 Å². The summed E-state index contributed by atoms with van der Waals surface area (Å²) in [6.07, 6.45) is 4.42. The number of furan rings is 1. The molecule has 2 aliphatic heterocycles. The molecule has 1 saturated heterocycles. The molecule has 4 aromatic rings. The molecule has 0 unspecified atom stereocenters. The van der Waals surface area contributed by atoms with Crippen LogP contribution in [0.3, 0.4) is 0 Å². The first kappa shape index (κ1) is 19.8. The van der Waals surface area contributed by atoms with E-state index in [2.05, 4.69) is 23.1 Å². The Labute approximate surface area is 193 Å². The summed E-state index contributed by atoms with van der Waals surface area (Å²) in [6, 6.07) is 16.2. The normalized spacial score (nSPS) is 21.5. The van der Waals surface area contributed by atoms with E-state index in [0.29, 0.717) is 13.0 Å². The maximum atomic E-state index is 13.5. The number of carbonyl (C=O) groups excluding carboxylic acids is 1.